The molecule has 2 heterocycles. The van der Waals surface area contributed by atoms with Crippen LogP contribution in [0, 0.1) is 0 Å². The van der Waals surface area contributed by atoms with Crippen molar-refractivity contribution in [2.75, 3.05) is 5.73 Å². The molecule has 6 heteroatoms. The lowest BCUT2D eigenvalue weighted by Crippen LogP contribution is -1.99. The molecule has 4 nitrogen and oxygen atoms in total. The molecule has 0 bridgehead atoms. The summed E-state index contributed by atoms with van der Waals surface area (Å²) in [7, 11) is -1.27. The summed E-state index contributed by atoms with van der Waals surface area (Å²) in [6.45, 7) is 0. The summed E-state index contributed by atoms with van der Waals surface area (Å²) in [6, 6.07) is 10.7. The number of hydrogen-bond donors (Lipinski definition) is 1. The highest BCUT2D eigenvalue weighted by molar-refractivity contribution is 7.84. The van der Waals surface area contributed by atoms with E-state index in [9.17, 15) is 4.21 Å². The topological polar surface area (TPSA) is 60.4 Å². The molecule has 0 saturated heterocycles. The van der Waals surface area contributed by atoms with Crippen molar-refractivity contribution in [1.29, 1.82) is 0 Å². The smallest absolute Gasteiger partial charge is 0.137 e. The normalized spacial score (nSPS) is 12.7. The minimum Gasteiger partial charge on any atom is -0.399 e. The van der Waals surface area contributed by atoms with Crippen LogP contribution in [0.1, 0.15) is 5.69 Å². The molecular formula is C14H12ClN3OS. The van der Waals surface area contributed by atoms with Crippen LogP contribution in [0.2, 0.25) is 5.02 Å². The van der Waals surface area contributed by atoms with E-state index in [1.807, 2.05) is 35.0 Å². The van der Waals surface area contributed by atoms with Gasteiger partial charge in [-0.15, -0.1) is 0 Å². The highest BCUT2D eigenvalue weighted by Gasteiger charge is 2.12. The third kappa shape index (κ3) is 2.55. The van der Waals surface area contributed by atoms with Crippen LogP contribution >= 0.6 is 11.6 Å². The highest BCUT2D eigenvalue weighted by atomic mass is 35.5. The number of nitrogens with zero attached hydrogens (tertiary/aromatic N) is 2. The number of hydrogen-bond acceptors (Lipinski definition) is 3. The molecule has 2 aromatic heterocycles. The number of nitrogens with two attached hydrogens (primary N) is 1. The molecule has 3 aromatic rings. The molecule has 0 aliphatic heterocycles. The molecule has 0 radical (unpaired) electrons. The summed E-state index contributed by atoms with van der Waals surface area (Å²) in [5.41, 5.74) is 7.85. The van der Waals surface area contributed by atoms with Gasteiger partial charge in [-0.05, 0) is 30.3 Å². The fraction of sp³-hybridized carbons (Fsp3) is 0.0714. The maximum Gasteiger partial charge on any atom is 0.137 e. The summed E-state index contributed by atoms with van der Waals surface area (Å²) in [5.74, 6) is 0.310. The Bertz CT molecular complexity index is 767. The van der Waals surface area contributed by atoms with Crippen LogP contribution in [-0.2, 0) is 16.6 Å². The Kier molecular flexibility index (Phi) is 3.46. The lowest BCUT2D eigenvalue weighted by Gasteiger charge is -2.04. The Labute approximate surface area is 123 Å². The first-order valence-electron chi connectivity index (χ1n) is 5.99. The van der Waals surface area contributed by atoms with Gasteiger partial charge in [0.2, 0.25) is 0 Å². The SMILES string of the molecule is Nc1ccc(Cl)c(S(=O)Cc2cn3ccccc3n2)c1. The summed E-state index contributed by atoms with van der Waals surface area (Å²) in [5, 5.41) is 0.460. The maximum absolute atomic E-state index is 12.4. The summed E-state index contributed by atoms with van der Waals surface area (Å²) in [6.07, 6.45) is 3.77. The number of rotatable bonds is 3. The van der Waals surface area contributed by atoms with Gasteiger partial charge in [0.05, 0.1) is 32.2 Å². The Morgan fingerprint density at radius 3 is 2.95 bits per heavy atom. The van der Waals surface area contributed by atoms with Crippen molar-refractivity contribution < 1.29 is 4.21 Å². The molecule has 0 aliphatic rings. The van der Waals surface area contributed by atoms with Crippen molar-refractivity contribution in [3.63, 3.8) is 0 Å². The van der Waals surface area contributed by atoms with Crippen LogP contribution in [0.4, 0.5) is 5.69 Å². The van der Waals surface area contributed by atoms with E-state index in [2.05, 4.69) is 4.98 Å². The van der Waals surface area contributed by atoms with Gasteiger partial charge in [0.25, 0.3) is 0 Å². The molecule has 0 spiro atoms. The van der Waals surface area contributed by atoms with Crippen molar-refractivity contribution >= 4 is 33.7 Å². The monoisotopic (exact) mass is 305 g/mol. The third-order valence-electron chi connectivity index (χ3n) is 2.89. The van der Waals surface area contributed by atoms with Gasteiger partial charge in [0, 0.05) is 18.1 Å². The molecule has 0 fully saturated rings. The minimum atomic E-state index is -1.27. The molecule has 20 heavy (non-hydrogen) atoms. The van der Waals surface area contributed by atoms with Crippen molar-refractivity contribution in [3.05, 3.63) is 59.5 Å². The zero-order chi connectivity index (χ0) is 14.1. The van der Waals surface area contributed by atoms with Gasteiger partial charge < -0.3 is 10.1 Å². The Balaban J connectivity index is 1.90. The van der Waals surface area contributed by atoms with Crippen LogP contribution in [-0.4, -0.2) is 13.6 Å². The average molecular weight is 306 g/mol. The second-order valence-corrected chi connectivity index (χ2v) is 6.20. The fourth-order valence-electron chi connectivity index (χ4n) is 1.96. The molecule has 102 valence electrons. The van der Waals surface area contributed by atoms with E-state index in [1.54, 1.807) is 18.2 Å². The number of imidazole rings is 1. The summed E-state index contributed by atoms with van der Waals surface area (Å²) < 4.78 is 14.3. The van der Waals surface area contributed by atoms with Crippen molar-refractivity contribution in [1.82, 2.24) is 9.38 Å². The quantitative estimate of drug-likeness (QED) is 0.757. The molecule has 0 saturated carbocycles. The van der Waals surface area contributed by atoms with E-state index in [-0.39, 0.29) is 0 Å². The lowest BCUT2D eigenvalue weighted by atomic mass is 10.3. The fourth-order valence-corrected chi connectivity index (χ4v) is 3.46. The van der Waals surface area contributed by atoms with Gasteiger partial charge in [-0.25, -0.2) is 4.98 Å². The van der Waals surface area contributed by atoms with Crippen LogP contribution in [0.15, 0.2) is 53.7 Å². The predicted molar refractivity (Wildman–Crippen MR) is 81.2 cm³/mol. The highest BCUT2D eigenvalue weighted by Crippen LogP contribution is 2.24. The molecular weight excluding hydrogens is 294 g/mol. The van der Waals surface area contributed by atoms with Crippen LogP contribution in [0.3, 0.4) is 0 Å². The van der Waals surface area contributed by atoms with E-state index in [0.29, 0.717) is 21.4 Å². The van der Waals surface area contributed by atoms with E-state index in [1.165, 1.54) is 0 Å². The average Bonchev–Trinajstić information content (AvgIpc) is 2.83. The number of aromatic nitrogens is 2. The number of pyridine rings is 1. The van der Waals surface area contributed by atoms with Crippen LogP contribution < -0.4 is 5.73 Å². The first kappa shape index (κ1) is 13.1. The molecule has 2 N–H and O–H groups in total. The Hall–Kier alpha value is -1.85. The van der Waals surface area contributed by atoms with Gasteiger partial charge in [-0.1, -0.05) is 17.7 Å². The standard InChI is InChI=1S/C14H12ClN3OS/c15-12-5-4-10(16)7-13(12)20(19)9-11-8-18-6-2-1-3-14(18)17-11/h1-8H,9,16H2. The van der Waals surface area contributed by atoms with Crippen LogP contribution in [0.5, 0.6) is 0 Å². The number of anilines is 1. The minimum absolute atomic E-state index is 0.310. The molecule has 0 amide bonds. The van der Waals surface area contributed by atoms with Gasteiger partial charge >= 0.3 is 0 Å². The predicted octanol–water partition coefficient (Wildman–Crippen LogP) is 2.88. The van der Waals surface area contributed by atoms with E-state index < -0.39 is 10.8 Å². The molecule has 1 aromatic carbocycles. The zero-order valence-electron chi connectivity index (χ0n) is 10.5. The summed E-state index contributed by atoms with van der Waals surface area (Å²) in [4.78, 5) is 4.97. The second kappa shape index (κ2) is 5.26. The van der Waals surface area contributed by atoms with E-state index in [0.717, 1.165) is 11.3 Å². The zero-order valence-corrected chi connectivity index (χ0v) is 12.1. The first-order chi connectivity index (χ1) is 9.63. The van der Waals surface area contributed by atoms with E-state index in [4.69, 9.17) is 17.3 Å². The number of fused-ring (bicyclic) bond motifs is 1. The van der Waals surface area contributed by atoms with Gasteiger partial charge in [0.15, 0.2) is 0 Å². The Morgan fingerprint density at radius 2 is 2.15 bits per heavy atom. The molecule has 3 rings (SSSR count). The number of halogens is 1. The second-order valence-electron chi connectivity index (χ2n) is 4.38. The van der Waals surface area contributed by atoms with Gasteiger partial charge in [0.1, 0.15) is 5.65 Å². The van der Waals surface area contributed by atoms with Gasteiger partial charge in [-0.2, -0.15) is 0 Å². The first-order valence-corrected chi connectivity index (χ1v) is 7.69. The van der Waals surface area contributed by atoms with Crippen molar-refractivity contribution in [3.8, 4) is 0 Å². The largest absolute Gasteiger partial charge is 0.399 e. The maximum atomic E-state index is 12.4. The molecule has 1 unspecified atom stereocenters. The number of nitrogen functional groups attached to an aromatic ring is 1. The van der Waals surface area contributed by atoms with Crippen LogP contribution in [0.25, 0.3) is 5.65 Å². The molecule has 1 atom stereocenters. The van der Waals surface area contributed by atoms with Crippen molar-refractivity contribution in [2.24, 2.45) is 0 Å². The lowest BCUT2D eigenvalue weighted by molar-refractivity contribution is 0.682. The van der Waals surface area contributed by atoms with E-state index >= 15 is 0 Å². The number of benzene rings is 1. The molecule has 0 aliphatic carbocycles. The summed E-state index contributed by atoms with van der Waals surface area (Å²) >= 11 is 6.06. The van der Waals surface area contributed by atoms with Gasteiger partial charge in [-0.3, -0.25) is 4.21 Å². The third-order valence-corrected chi connectivity index (χ3v) is 4.72. The van der Waals surface area contributed by atoms with Crippen molar-refractivity contribution in [2.45, 2.75) is 10.6 Å². The Morgan fingerprint density at radius 1 is 1.30 bits per heavy atom.